The number of hydrogen-bond acceptors (Lipinski definition) is 5. The van der Waals surface area contributed by atoms with Crippen molar-refractivity contribution in [2.24, 2.45) is 0 Å². The van der Waals surface area contributed by atoms with Gasteiger partial charge in [-0.15, -0.1) is 0 Å². The number of phenolic OH excluding ortho intramolecular Hbond substituents is 1. The Morgan fingerprint density at radius 3 is 2.39 bits per heavy atom. The molecule has 0 unspecified atom stereocenters. The van der Waals surface area contributed by atoms with Crippen LogP contribution in [0.3, 0.4) is 0 Å². The minimum atomic E-state index is -0.641. The van der Waals surface area contributed by atoms with Gasteiger partial charge in [0.05, 0.1) is 16.7 Å². The molecule has 1 aromatic heterocycles. The highest BCUT2D eigenvalue weighted by molar-refractivity contribution is 5.92. The Kier molecular flexibility index (Phi) is 4.44. The van der Waals surface area contributed by atoms with Crippen LogP contribution in [0.4, 0.5) is 11.4 Å². The molecule has 8 heteroatoms. The Labute approximate surface area is 131 Å². The Balaban J connectivity index is 2.18. The first kappa shape index (κ1) is 16.2. The largest absolute Gasteiger partial charge is 0.506 e. The van der Waals surface area contributed by atoms with Crippen LogP contribution in [-0.4, -0.2) is 20.5 Å². The fourth-order valence-electron chi connectivity index (χ4n) is 2.21. The molecule has 0 saturated heterocycles. The standard InChI is InChI=1S/C15H15N3O5/c1-9-5-12(19)6-10(2)17(9)8-15(21)16-13-4-3-11(18(22)23)7-14(13)20/h3-7,20H,8H2,1-2H3,(H,16,21). The number of rotatable bonds is 4. The zero-order chi connectivity index (χ0) is 17.1. The average molecular weight is 317 g/mol. The lowest BCUT2D eigenvalue weighted by molar-refractivity contribution is -0.384. The maximum absolute atomic E-state index is 12.1. The third-order valence-corrected chi connectivity index (χ3v) is 3.32. The van der Waals surface area contributed by atoms with Gasteiger partial charge >= 0.3 is 0 Å². The van der Waals surface area contributed by atoms with Gasteiger partial charge in [0, 0.05) is 29.6 Å². The molecular formula is C15H15N3O5. The fourth-order valence-corrected chi connectivity index (χ4v) is 2.21. The predicted molar refractivity (Wildman–Crippen MR) is 83.6 cm³/mol. The Morgan fingerprint density at radius 1 is 1.26 bits per heavy atom. The summed E-state index contributed by atoms with van der Waals surface area (Å²) in [6, 6.07) is 6.25. The van der Waals surface area contributed by atoms with Gasteiger partial charge in [0.2, 0.25) is 5.91 Å². The average Bonchev–Trinajstić information content (AvgIpc) is 2.44. The number of amides is 1. The van der Waals surface area contributed by atoms with E-state index >= 15 is 0 Å². The van der Waals surface area contributed by atoms with Crippen LogP contribution in [0.1, 0.15) is 11.4 Å². The van der Waals surface area contributed by atoms with E-state index in [0.29, 0.717) is 11.4 Å². The highest BCUT2D eigenvalue weighted by Crippen LogP contribution is 2.27. The SMILES string of the molecule is Cc1cc(=O)cc(C)n1CC(=O)Nc1ccc([N+](=O)[O-])cc1O. The van der Waals surface area contributed by atoms with E-state index in [4.69, 9.17) is 0 Å². The number of pyridine rings is 1. The van der Waals surface area contributed by atoms with Gasteiger partial charge in [0.15, 0.2) is 5.43 Å². The van der Waals surface area contributed by atoms with Gasteiger partial charge in [-0.25, -0.2) is 0 Å². The summed E-state index contributed by atoms with van der Waals surface area (Å²) in [6.45, 7) is 3.38. The summed E-state index contributed by atoms with van der Waals surface area (Å²) in [5.74, 6) is -0.815. The number of carbonyl (C=O) groups is 1. The molecule has 0 aliphatic carbocycles. The van der Waals surface area contributed by atoms with Crippen LogP contribution in [0, 0.1) is 24.0 Å². The number of benzene rings is 1. The molecule has 0 fully saturated rings. The van der Waals surface area contributed by atoms with Crippen LogP contribution in [0.25, 0.3) is 0 Å². The van der Waals surface area contributed by atoms with Crippen molar-refractivity contribution in [3.8, 4) is 5.75 Å². The number of nitro groups is 1. The second-order valence-corrected chi connectivity index (χ2v) is 5.07. The van der Waals surface area contributed by atoms with Gasteiger partial charge < -0.3 is 15.0 Å². The third-order valence-electron chi connectivity index (χ3n) is 3.32. The van der Waals surface area contributed by atoms with E-state index in [2.05, 4.69) is 5.32 Å². The molecule has 0 saturated carbocycles. The molecule has 0 spiro atoms. The molecule has 1 amide bonds. The summed E-state index contributed by atoms with van der Waals surface area (Å²) in [5.41, 5.74) is 0.949. The number of carbonyl (C=O) groups excluding carboxylic acids is 1. The van der Waals surface area contributed by atoms with E-state index in [1.54, 1.807) is 18.4 Å². The molecule has 23 heavy (non-hydrogen) atoms. The Morgan fingerprint density at radius 2 is 1.87 bits per heavy atom. The molecular weight excluding hydrogens is 302 g/mol. The van der Waals surface area contributed by atoms with E-state index in [0.717, 1.165) is 6.07 Å². The second-order valence-electron chi connectivity index (χ2n) is 5.07. The number of nitro benzene ring substituents is 1. The summed E-state index contributed by atoms with van der Waals surface area (Å²) in [5, 5.41) is 22.8. The first-order chi connectivity index (χ1) is 10.8. The maximum Gasteiger partial charge on any atom is 0.273 e. The number of aromatic hydroxyl groups is 1. The summed E-state index contributed by atoms with van der Waals surface area (Å²) in [4.78, 5) is 33.4. The van der Waals surface area contributed by atoms with Gasteiger partial charge in [-0.3, -0.25) is 19.7 Å². The van der Waals surface area contributed by atoms with Crippen LogP contribution in [0.15, 0.2) is 35.1 Å². The normalized spacial score (nSPS) is 10.3. The molecule has 1 heterocycles. The van der Waals surface area contributed by atoms with Crippen molar-refractivity contribution in [2.45, 2.75) is 20.4 Å². The number of aromatic nitrogens is 1. The number of nitrogens with one attached hydrogen (secondary N) is 1. The quantitative estimate of drug-likeness (QED) is 0.506. The smallest absolute Gasteiger partial charge is 0.273 e. The Bertz CT molecular complexity index is 815. The first-order valence-corrected chi connectivity index (χ1v) is 6.73. The lowest BCUT2D eigenvalue weighted by Gasteiger charge is -2.14. The van der Waals surface area contributed by atoms with E-state index in [-0.39, 0.29) is 29.1 Å². The number of anilines is 1. The van der Waals surface area contributed by atoms with Crippen molar-refractivity contribution < 1.29 is 14.8 Å². The molecule has 0 aliphatic rings. The molecule has 1 aromatic carbocycles. The zero-order valence-electron chi connectivity index (χ0n) is 12.6. The van der Waals surface area contributed by atoms with Gasteiger partial charge in [-0.05, 0) is 19.9 Å². The highest BCUT2D eigenvalue weighted by atomic mass is 16.6. The van der Waals surface area contributed by atoms with Gasteiger partial charge in [0.25, 0.3) is 5.69 Å². The van der Waals surface area contributed by atoms with Gasteiger partial charge in [-0.2, -0.15) is 0 Å². The summed E-state index contributed by atoms with van der Waals surface area (Å²) in [6.07, 6.45) is 0. The molecule has 0 atom stereocenters. The van der Waals surface area contributed by atoms with Crippen molar-refractivity contribution in [3.63, 3.8) is 0 Å². The van der Waals surface area contributed by atoms with Crippen LogP contribution in [0.2, 0.25) is 0 Å². The van der Waals surface area contributed by atoms with Crippen molar-refractivity contribution >= 4 is 17.3 Å². The minimum Gasteiger partial charge on any atom is -0.506 e. The third kappa shape index (κ3) is 3.73. The first-order valence-electron chi connectivity index (χ1n) is 6.73. The highest BCUT2D eigenvalue weighted by Gasteiger charge is 2.13. The fraction of sp³-hybridized carbons (Fsp3) is 0.200. The number of aryl methyl sites for hydroxylation is 2. The number of phenols is 1. The number of nitrogens with zero attached hydrogens (tertiary/aromatic N) is 2. The predicted octanol–water partition coefficient (Wildman–Crippen LogP) is 1.72. The van der Waals surface area contributed by atoms with Crippen LogP contribution in [0.5, 0.6) is 5.75 Å². The zero-order valence-corrected chi connectivity index (χ0v) is 12.6. The lowest BCUT2D eigenvalue weighted by Crippen LogP contribution is -2.23. The topological polar surface area (TPSA) is 114 Å². The van der Waals surface area contributed by atoms with E-state index < -0.39 is 10.8 Å². The van der Waals surface area contributed by atoms with Gasteiger partial charge in [-0.1, -0.05) is 0 Å². The summed E-state index contributed by atoms with van der Waals surface area (Å²) >= 11 is 0. The molecule has 2 N–H and O–H groups in total. The molecule has 120 valence electrons. The lowest BCUT2D eigenvalue weighted by atomic mass is 10.2. The molecule has 0 aliphatic heterocycles. The molecule has 2 rings (SSSR count). The Hall–Kier alpha value is -3.16. The molecule has 8 nitrogen and oxygen atoms in total. The van der Waals surface area contributed by atoms with E-state index in [1.807, 2.05) is 0 Å². The summed E-state index contributed by atoms with van der Waals surface area (Å²) in [7, 11) is 0. The van der Waals surface area contributed by atoms with Crippen LogP contribution in [-0.2, 0) is 11.3 Å². The van der Waals surface area contributed by atoms with Gasteiger partial charge in [0.1, 0.15) is 12.3 Å². The maximum atomic E-state index is 12.1. The van der Waals surface area contributed by atoms with E-state index in [9.17, 15) is 24.8 Å². The molecule has 2 aromatic rings. The molecule has 0 bridgehead atoms. The number of non-ortho nitro benzene ring substituents is 1. The van der Waals surface area contributed by atoms with Crippen molar-refractivity contribution in [1.82, 2.24) is 4.57 Å². The van der Waals surface area contributed by atoms with Crippen LogP contribution < -0.4 is 10.7 Å². The van der Waals surface area contributed by atoms with Crippen molar-refractivity contribution in [3.05, 3.63) is 62.1 Å². The van der Waals surface area contributed by atoms with Crippen molar-refractivity contribution in [1.29, 1.82) is 0 Å². The van der Waals surface area contributed by atoms with E-state index in [1.165, 1.54) is 24.3 Å². The minimum absolute atomic E-state index is 0.0472. The van der Waals surface area contributed by atoms with Crippen LogP contribution >= 0.6 is 0 Å². The van der Waals surface area contributed by atoms with Crippen molar-refractivity contribution in [2.75, 3.05) is 5.32 Å². The molecule has 0 radical (unpaired) electrons. The summed E-state index contributed by atoms with van der Waals surface area (Å²) < 4.78 is 1.65. The monoisotopic (exact) mass is 317 g/mol. The number of hydrogen-bond donors (Lipinski definition) is 2. The second kappa shape index (κ2) is 6.30.